The Balaban J connectivity index is 3.07. The summed E-state index contributed by atoms with van der Waals surface area (Å²) < 4.78 is 25.9. The van der Waals surface area contributed by atoms with Gasteiger partial charge in [0.15, 0.2) is 9.34 Å². The van der Waals surface area contributed by atoms with E-state index < -0.39 is 10.0 Å². The van der Waals surface area contributed by atoms with Gasteiger partial charge in [0.05, 0.1) is 5.69 Å². The van der Waals surface area contributed by atoms with Gasteiger partial charge in [-0.25, -0.2) is 18.1 Å². The van der Waals surface area contributed by atoms with Crippen molar-refractivity contribution in [3.8, 4) is 0 Å². The first kappa shape index (κ1) is 13.1. The van der Waals surface area contributed by atoms with Gasteiger partial charge in [-0.2, -0.15) is 0 Å². The number of nitrogens with zero attached hydrogens (tertiary/aromatic N) is 1. The lowest BCUT2D eigenvalue weighted by Crippen LogP contribution is -2.22. The molecular weight excluding hydrogens is 250 g/mol. The maximum atomic E-state index is 11.7. The van der Waals surface area contributed by atoms with Crippen LogP contribution in [0.1, 0.15) is 19.5 Å². The highest BCUT2D eigenvalue weighted by molar-refractivity contribution is 7.91. The molecule has 1 aromatic rings. The summed E-state index contributed by atoms with van der Waals surface area (Å²) in [7, 11) is -3.50. The molecule has 0 fully saturated rings. The number of carbonyl (C=O) groups excluding carboxylic acids is 1. The third kappa shape index (κ3) is 3.00. The standard InChI is InChI=1S/C8H13N3O3S2/c1-4-9-16(13,14)7-5(2)10-8(15-7)11-6(3)12/h9H,4H2,1-3H3,(H,10,11,12). The predicted octanol–water partition coefficient (Wildman–Crippen LogP) is 0.708. The van der Waals surface area contributed by atoms with Crippen molar-refractivity contribution in [3.05, 3.63) is 5.69 Å². The maximum absolute atomic E-state index is 11.7. The van der Waals surface area contributed by atoms with E-state index in [2.05, 4.69) is 15.0 Å². The quantitative estimate of drug-likeness (QED) is 0.837. The van der Waals surface area contributed by atoms with Crippen LogP contribution in [0.25, 0.3) is 0 Å². The Bertz CT molecular complexity index is 493. The van der Waals surface area contributed by atoms with Gasteiger partial charge in [0.2, 0.25) is 5.91 Å². The van der Waals surface area contributed by atoms with Gasteiger partial charge in [-0.15, -0.1) is 0 Å². The Morgan fingerprint density at radius 3 is 2.62 bits per heavy atom. The fourth-order valence-corrected chi connectivity index (χ4v) is 3.64. The molecule has 0 radical (unpaired) electrons. The molecular formula is C8H13N3O3S2. The van der Waals surface area contributed by atoms with Crippen LogP contribution in [0.3, 0.4) is 0 Å². The van der Waals surface area contributed by atoms with Crippen molar-refractivity contribution in [1.82, 2.24) is 9.71 Å². The average Bonchev–Trinajstić information content (AvgIpc) is 2.45. The molecule has 0 spiro atoms. The third-order valence-corrected chi connectivity index (χ3v) is 4.84. The zero-order chi connectivity index (χ0) is 12.3. The van der Waals surface area contributed by atoms with Gasteiger partial charge >= 0.3 is 0 Å². The van der Waals surface area contributed by atoms with Crippen molar-refractivity contribution in [1.29, 1.82) is 0 Å². The third-order valence-electron chi connectivity index (χ3n) is 1.62. The van der Waals surface area contributed by atoms with Crippen LogP contribution in [-0.4, -0.2) is 25.9 Å². The minimum absolute atomic E-state index is 0.137. The second-order valence-electron chi connectivity index (χ2n) is 3.07. The summed E-state index contributed by atoms with van der Waals surface area (Å²) in [5, 5.41) is 2.75. The zero-order valence-electron chi connectivity index (χ0n) is 9.20. The van der Waals surface area contributed by atoms with E-state index in [4.69, 9.17) is 0 Å². The number of aromatic nitrogens is 1. The minimum Gasteiger partial charge on any atom is -0.302 e. The Hall–Kier alpha value is -0.990. The second kappa shape index (κ2) is 4.89. The number of hydrogen-bond donors (Lipinski definition) is 2. The molecule has 0 saturated heterocycles. The molecule has 16 heavy (non-hydrogen) atoms. The molecule has 0 saturated carbocycles. The van der Waals surface area contributed by atoms with Gasteiger partial charge in [-0.1, -0.05) is 18.3 Å². The molecule has 0 aliphatic carbocycles. The molecule has 0 aliphatic rings. The molecule has 1 amide bonds. The van der Waals surface area contributed by atoms with Crippen LogP contribution in [0, 0.1) is 6.92 Å². The predicted molar refractivity (Wildman–Crippen MR) is 62.0 cm³/mol. The van der Waals surface area contributed by atoms with Crippen molar-refractivity contribution in [3.63, 3.8) is 0 Å². The van der Waals surface area contributed by atoms with Crippen molar-refractivity contribution < 1.29 is 13.2 Å². The lowest BCUT2D eigenvalue weighted by Gasteiger charge is -2.00. The van der Waals surface area contributed by atoms with Crippen LogP contribution in [0.4, 0.5) is 5.13 Å². The molecule has 6 nitrogen and oxygen atoms in total. The summed E-state index contributed by atoms with van der Waals surface area (Å²) in [5.74, 6) is -0.277. The number of thiazole rings is 1. The van der Waals surface area contributed by atoms with Gasteiger partial charge < -0.3 is 5.32 Å². The summed E-state index contributed by atoms with van der Waals surface area (Å²) in [6.07, 6.45) is 0. The average molecular weight is 263 g/mol. The van der Waals surface area contributed by atoms with Crippen molar-refractivity contribution in [2.75, 3.05) is 11.9 Å². The van der Waals surface area contributed by atoms with E-state index in [1.54, 1.807) is 13.8 Å². The zero-order valence-corrected chi connectivity index (χ0v) is 10.8. The van der Waals surface area contributed by atoms with E-state index in [9.17, 15) is 13.2 Å². The molecule has 0 aliphatic heterocycles. The van der Waals surface area contributed by atoms with Gasteiger partial charge in [-0.05, 0) is 6.92 Å². The number of anilines is 1. The monoisotopic (exact) mass is 263 g/mol. The Morgan fingerprint density at radius 2 is 2.12 bits per heavy atom. The first-order chi connectivity index (χ1) is 7.36. The topological polar surface area (TPSA) is 88.2 Å². The highest BCUT2D eigenvalue weighted by Crippen LogP contribution is 2.26. The van der Waals surface area contributed by atoms with Crippen LogP contribution in [0.15, 0.2) is 4.21 Å². The lowest BCUT2D eigenvalue weighted by atomic mass is 10.6. The number of nitrogens with one attached hydrogen (secondary N) is 2. The SMILES string of the molecule is CCNS(=O)(=O)c1sc(NC(C)=O)nc1C. The molecule has 1 heterocycles. The van der Waals surface area contributed by atoms with E-state index in [0.717, 1.165) is 11.3 Å². The number of hydrogen-bond acceptors (Lipinski definition) is 5. The number of rotatable bonds is 4. The smallest absolute Gasteiger partial charge is 0.251 e. The largest absolute Gasteiger partial charge is 0.302 e. The van der Waals surface area contributed by atoms with Crippen molar-refractivity contribution >= 4 is 32.4 Å². The summed E-state index contributed by atoms with van der Waals surface area (Å²) in [4.78, 5) is 14.8. The number of aryl methyl sites for hydroxylation is 1. The van der Waals surface area contributed by atoms with E-state index in [1.807, 2.05) is 0 Å². The normalized spacial score (nSPS) is 11.4. The highest BCUT2D eigenvalue weighted by atomic mass is 32.2. The maximum Gasteiger partial charge on any atom is 0.251 e. The number of sulfonamides is 1. The molecule has 1 rings (SSSR count). The van der Waals surface area contributed by atoms with Crippen LogP contribution < -0.4 is 10.0 Å². The van der Waals surface area contributed by atoms with Crippen molar-refractivity contribution in [2.45, 2.75) is 25.0 Å². The van der Waals surface area contributed by atoms with Gasteiger partial charge in [0.25, 0.3) is 10.0 Å². The molecule has 0 aromatic carbocycles. The van der Waals surface area contributed by atoms with Gasteiger partial charge in [0, 0.05) is 13.5 Å². The van der Waals surface area contributed by atoms with Crippen LogP contribution in [-0.2, 0) is 14.8 Å². The van der Waals surface area contributed by atoms with Crippen molar-refractivity contribution in [2.24, 2.45) is 0 Å². The van der Waals surface area contributed by atoms with E-state index in [-0.39, 0.29) is 10.1 Å². The molecule has 0 atom stereocenters. The first-order valence-corrected chi connectivity index (χ1v) is 6.91. The number of carbonyl (C=O) groups is 1. The summed E-state index contributed by atoms with van der Waals surface area (Å²) in [5.41, 5.74) is 0.384. The highest BCUT2D eigenvalue weighted by Gasteiger charge is 2.21. The Kier molecular flexibility index (Phi) is 4.00. The lowest BCUT2D eigenvalue weighted by molar-refractivity contribution is -0.114. The summed E-state index contributed by atoms with van der Waals surface area (Å²) >= 11 is 0.941. The molecule has 0 bridgehead atoms. The van der Waals surface area contributed by atoms with Gasteiger partial charge in [-0.3, -0.25) is 4.79 Å². The Labute approximate surface area is 98.1 Å². The molecule has 0 unspecified atom stereocenters. The number of amides is 1. The molecule has 8 heteroatoms. The van der Waals surface area contributed by atoms with E-state index in [0.29, 0.717) is 17.4 Å². The van der Waals surface area contributed by atoms with Crippen LogP contribution >= 0.6 is 11.3 Å². The van der Waals surface area contributed by atoms with Crippen LogP contribution in [0.2, 0.25) is 0 Å². The fraction of sp³-hybridized carbons (Fsp3) is 0.500. The minimum atomic E-state index is -3.50. The Morgan fingerprint density at radius 1 is 1.50 bits per heavy atom. The van der Waals surface area contributed by atoms with E-state index in [1.165, 1.54) is 6.92 Å². The second-order valence-corrected chi connectivity index (χ2v) is 6.04. The molecule has 2 N–H and O–H groups in total. The summed E-state index contributed by atoms with van der Waals surface area (Å²) in [6.45, 7) is 4.94. The molecule has 90 valence electrons. The fourth-order valence-electron chi connectivity index (χ4n) is 1.09. The van der Waals surface area contributed by atoms with Crippen LogP contribution in [0.5, 0.6) is 0 Å². The summed E-state index contributed by atoms with van der Waals surface area (Å²) in [6, 6.07) is 0. The van der Waals surface area contributed by atoms with E-state index >= 15 is 0 Å². The molecule has 1 aromatic heterocycles. The first-order valence-electron chi connectivity index (χ1n) is 4.61. The van der Waals surface area contributed by atoms with Gasteiger partial charge in [0.1, 0.15) is 0 Å².